The molecule has 1 aromatic heterocycles. The van der Waals surface area contributed by atoms with Crippen LogP contribution in [0.4, 0.5) is 10.1 Å². The van der Waals surface area contributed by atoms with Crippen LogP contribution >= 0.6 is 11.8 Å². The van der Waals surface area contributed by atoms with E-state index < -0.39 is 0 Å². The van der Waals surface area contributed by atoms with Gasteiger partial charge in [0.25, 0.3) is 5.56 Å². The fourth-order valence-electron chi connectivity index (χ4n) is 3.81. The van der Waals surface area contributed by atoms with Gasteiger partial charge in [0.05, 0.1) is 11.7 Å². The Morgan fingerprint density at radius 1 is 1.21 bits per heavy atom. The largest absolute Gasteiger partial charge is 0.368 e. The summed E-state index contributed by atoms with van der Waals surface area (Å²) in [5.41, 5.74) is 1.71. The zero-order chi connectivity index (χ0) is 20.5. The highest BCUT2D eigenvalue weighted by Gasteiger charge is 2.30. The van der Waals surface area contributed by atoms with Crippen LogP contribution in [-0.4, -0.2) is 52.3 Å². The van der Waals surface area contributed by atoms with Gasteiger partial charge in [-0.15, -0.1) is 0 Å². The molecule has 1 fully saturated rings. The third-order valence-corrected chi connectivity index (χ3v) is 6.63. The first-order valence-corrected chi connectivity index (χ1v) is 11.0. The number of carbonyl (C=O) groups excluding carboxylic acids is 1. The molecule has 8 heteroatoms. The molecule has 154 valence electrons. The minimum atomic E-state index is -0.248. The molecule has 1 atom stereocenters. The quantitative estimate of drug-likeness (QED) is 0.718. The van der Waals surface area contributed by atoms with E-state index in [0.29, 0.717) is 38.4 Å². The number of nitrogens with zero attached hydrogens (tertiary/aromatic N) is 4. The lowest BCUT2D eigenvalue weighted by atomic mass is 10.1. The molecule has 2 aromatic rings. The van der Waals surface area contributed by atoms with Crippen molar-refractivity contribution in [2.24, 2.45) is 0 Å². The van der Waals surface area contributed by atoms with Gasteiger partial charge in [-0.2, -0.15) is 0 Å². The average Bonchev–Trinajstić information content (AvgIpc) is 3.12. The average molecular weight is 417 g/mol. The maximum absolute atomic E-state index is 13.1. The van der Waals surface area contributed by atoms with Crippen molar-refractivity contribution in [1.29, 1.82) is 0 Å². The molecule has 0 bridgehead atoms. The predicted octanol–water partition coefficient (Wildman–Crippen LogP) is 2.89. The molecule has 0 saturated carbocycles. The molecule has 1 amide bonds. The molecule has 0 N–H and O–H groups in total. The fourth-order valence-corrected chi connectivity index (χ4v) is 4.97. The second kappa shape index (κ2) is 8.18. The van der Waals surface area contributed by atoms with Gasteiger partial charge < -0.3 is 9.80 Å². The van der Waals surface area contributed by atoms with Gasteiger partial charge >= 0.3 is 0 Å². The van der Waals surface area contributed by atoms with Crippen LogP contribution < -0.4 is 10.5 Å². The minimum absolute atomic E-state index is 0.0670. The van der Waals surface area contributed by atoms with Crippen molar-refractivity contribution >= 4 is 23.4 Å². The van der Waals surface area contributed by atoms with Crippen molar-refractivity contribution in [1.82, 2.24) is 14.5 Å². The van der Waals surface area contributed by atoms with Crippen LogP contribution in [0.2, 0.25) is 0 Å². The molecule has 29 heavy (non-hydrogen) atoms. The number of halogens is 1. The fraction of sp³-hybridized carbons (Fsp3) is 0.476. The van der Waals surface area contributed by atoms with E-state index in [0.717, 1.165) is 16.5 Å². The van der Waals surface area contributed by atoms with E-state index in [4.69, 9.17) is 0 Å². The zero-order valence-corrected chi connectivity index (χ0v) is 17.5. The van der Waals surface area contributed by atoms with Crippen LogP contribution in [0.15, 0.2) is 40.3 Å². The van der Waals surface area contributed by atoms with Gasteiger partial charge in [-0.3, -0.25) is 14.2 Å². The van der Waals surface area contributed by atoms with Gasteiger partial charge in [0.2, 0.25) is 5.91 Å². The second-order valence-electron chi connectivity index (χ2n) is 7.84. The molecular weight excluding hydrogens is 391 g/mol. The summed E-state index contributed by atoms with van der Waals surface area (Å²) in [6.45, 7) is 6.72. The number of hydrogen-bond donors (Lipinski definition) is 0. The number of carbonyl (C=O) groups is 1. The number of anilines is 1. The molecule has 0 unspecified atom stereocenters. The summed E-state index contributed by atoms with van der Waals surface area (Å²) < 4.78 is 14.8. The zero-order valence-electron chi connectivity index (χ0n) is 16.7. The van der Waals surface area contributed by atoms with Crippen LogP contribution in [0.1, 0.15) is 37.9 Å². The number of thioether (sulfide) groups is 1. The van der Waals surface area contributed by atoms with Crippen molar-refractivity contribution in [2.75, 3.05) is 36.8 Å². The number of piperazine rings is 1. The van der Waals surface area contributed by atoms with E-state index in [9.17, 15) is 14.0 Å². The highest BCUT2D eigenvalue weighted by molar-refractivity contribution is 7.99. The van der Waals surface area contributed by atoms with E-state index in [-0.39, 0.29) is 29.2 Å². The molecule has 1 saturated heterocycles. The molecular formula is C21H25FN4O2S. The molecule has 2 aliphatic rings. The van der Waals surface area contributed by atoms with Crippen LogP contribution in [-0.2, 0) is 4.79 Å². The Bertz CT molecular complexity index is 952. The highest BCUT2D eigenvalue weighted by Crippen LogP contribution is 2.33. The Kier molecular flexibility index (Phi) is 5.63. The smallest absolute Gasteiger partial charge is 0.254 e. The van der Waals surface area contributed by atoms with Crippen molar-refractivity contribution in [3.63, 3.8) is 0 Å². The number of benzene rings is 1. The Hall–Kier alpha value is -2.35. The molecule has 4 rings (SSSR count). The summed E-state index contributed by atoms with van der Waals surface area (Å²) >= 11 is 1.55. The number of hydrogen-bond acceptors (Lipinski definition) is 5. The summed E-state index contributed by atoms with van der Waals surface area (Å²) in [7, 11) is 0. The number of amides is 1. The van der Waals surface area contributed by atoms with Crippen LogP contribution in [0.5, 0.6) is 0 Å². The van der Waals surface area contributed by atoms with E-state index in [2.05, 4.69) is 9.88 Å². The SMILES string of the molecule is CC(C)c1cc(=O)n2c(n1)SC[C@@H]2CC(=O)N1CCN(c2ccc(F)cc2)CC1. The molecule has 3 heterocycles. The van der Waals surface area contributed by atoms with E-state index in [1.807, 2.05) is 18.7 Å². The number of rotatable bonds is 4. The first-order chi connectivity index (χ1) is 13.9. The monoisotopic (exact) mass is 416 g/mol. The van der Waals surface area contributed by atoms with Gasteiger partial charge in [-0.1, -0.05) is 25.6 Å². The maximum Gasteiger partial charge on any atom is 0.254 e. The highest BCUT2D eigenvalue weighted by atomic mass is 32.2. The van der Waals surface area contributed by atoms with Crippen LogP contribution in [0.25, 0.3) is 0 Å². The summed E-state index contributed by atoms with van der Waals surface area (Å²) in [6.07, 6.45) is 0.319. The predicted molar refractivity (Wildman–Crippen MR) is 112 cm³/mol. The Morgan fingerprint density at radius 3 is 2.55 bits per heavy atom. The lowest BCUT2D eigenvalue weighted by Gasteiger charge is -2.36. The molecule has 0 spiro atoms. The van der Waals surface area contributed by atoms with Crippen molar-refractivity contribution in [3.8, 4) is 0 Å². The normalized spacial score (nSPS) is 19.0. The Labute approximate surface area is 173 Å². The number of fused-ring (bicyclic) bond motifs is 1. The van der Waals surface area contributed by atoms with Crippen molar-refractivity contribution in [2.45, 2.75) is 37.4 Å². The summed E-state index contributed by atoms with van der Waals surface area (Å²) in [5, 5.41) is 0.722. The van der Waals surface area contributed by atoms with Crippen LogP contribution in [0, 0.1) is 5.82 Å². The molecule has 0 radical (unpaired) electrons. The molecule has 2 aliphatic heterocycles. The van der Waals surface area contributed by atoms with Crippen molar-refractivity contribution < 1.29 is 9.18 Å². The summed E-state index contributed by atoms with van der Waals surface area (Å²) in [6, 6.07) is 7.91. The van der Waals surface area contributed by atoms with Gasteiger partial charge in [-0.25, -0.2) is 9.37 Å². The lowest BCUT2D eigenvalue weighted by molar-refractivity contribution is -0.132. The van der Waals surface area contributed by atoms with E-state index in [1.54, 1.807) is 34.5 Å². The molecule has 1 aromatic carbocycles. The second-order valence-corrected chi connectivity index (χ2v) is 8.83. The first kappa shape index (κ1) is 19.9. The third-order valence-electron chi connectivity index (χ3n) is 5.54. The third kappa shape index (κ3) is 4.17. The minimum Gasteiger partial charge on any atom is -0.368 e. The van der Waals surface area contributed by atoms with Gasteiger partial charge in [0.15, 0.2) is 5.16 Å². The van der Waals surface area contributed by atoms with Crippen molar-refractivity contribution in [3.05, 3.63) is 52.2 Å². The van der Waals surface area contributed by atoms with Gasteiger partial charge in [0, 0.05) is 50.1 Å². The summed E-state index contributed by atoms with van der Waals surface area (Å²) in [4.78, 5) is 34.1. The van der Waals surface area contributed by atoms with E-state index >= 15 is 0 Å². The summed E-state index contributed by atoms with van der Waals surface area (Å²) in [5.74, 6) is 0.724. The standard InChI is InChI=1S/C21H25FN4O2S/c1-14(2)18-12-20(28)26-17(13-29-21(26)23-18)11-19(27)25-9-7-24(8-10-25)16-5-3-15(22)4-6-16/h3-6,12,14,17H,7-11,13H2,1-2H3/t17-/m0/s1. The lowest BCUT2D eigenvalue weighted by Crippen LogP contribution is -2.49. The molecule has 6 nitrogen and oxygen atoms in total. The van der Waals surface area contributed by atoms with Gasteiger partial charge in [-0.05, 0) is 30.2 Å². The Morgan fingerprint density at radius 2 is 1.90 bits per heavy atom. The molecule has 0 aliphatic carbocycles. The van der Waals surface area contributed by atoms with Crippen LogP contribution in [0.3, 0.4) is 0 Å². The topological polar surface area (TPSA) is 58.4 Å². The van der Waals surface area contributed by atoms with E-state index in [1.165, 1.54) is 12.1 Å². The first-order valence-electron chi connectivity index (χ1n) is 9.97. The number of aromatic nitrogens is 2. The van der Waals surface area contributed by atoms with Gasteiger partial charge in [0.1, 0.15) is 5.82 Å². The Balaban J connectivity index is 1.38. The maximum atomic E-state index is 13.1.